The average molecular weight is 604 g/mol. The third-order valence-corrected chi connectivity index (χ3v) is 11.3. The van der Waals surface area contributed by atoms with Gasteiger partial charge in [-0.3, -0.25) is 9.69 Å². The lowest BCUT2D eigenvalue weighted by Gasteiger charge is -2.35. The summed E-state index contributed by atoms with van der Waals surface area (Å²) in [4.78, 5) is 21.1. The van der Waals surface area contributed by atoms with Crippen molar-refractivity contribution in [2.24, 2.45) is 0 Å². The first kappa shape index (κ1) is 28.6. The highest BCUT2D eigenvalue weighted by Gasteiger charge is 2.31. The highest BCUT2D eigenvalue weighted by Crippen LogP contribution is 2.33. The lowest BCUT2D eigenvalue weighted by molar-refractivity contribution is 0.0918. The largest absolute Gasteiger partial charge is 0.355 e. The topological polar surface area (TPSA) is 109 Å². The number of piperazine rings is 1. The van der Waals surface area contributed by atoms with E-state index >= 15 is 0 Å². The molecule has 1 aliphatic heterocycles. The summed E-state index contributed by atoms with van der Waals surface area (Å²) in [5.41, 5.74) is 2.32. The van der Waals surface area contributed by atoms with Gasteiger partial charge in [-0.2, -0.15) is 4.31 Å². The van der Waals surface area contributed by atoms with Gasteiger partial charge in [0, 0.05) is 44.8 Å². The molecule has 0 spiro atoms. The minimum atomic E-state index is -3.63. The van der Waals surface area contributed by atoms with Crippen LogP contribution < -0.4 is 5.32 Å². The maximum Gasteiger partial charge on any atom is 0.254 e. The van der Waals surface area contributed by atoms with E-state index in [1.807, 2.05) is 27.7 Å². The number of nitrogens with zero attached hydrogens (tertiary/aromatic N) is 4. The number of amides is 1. The number of aryl methyl sites for hydroxylation is 3. The number of hydrogen-bond acceptors (Lipinski definition) is 9. The summed E-state index contributed by atoms with van der Waals surface area (Å²) in [7, 11) is -3.63. The Morgan fingerprint density at radius 3 is 2.50 bits per heavy atom. The van der Waals surface area contributed by atoms with Crippen LogP contribution in [0.5, 0.6) is 0 Å². The first-order valence-corrected chi connectivity index (χ1v) is 15.9. The molecule has 9 nitrogen and oxygen atoms in total. The third-order valence-electron chi connectivity index (χ3n) is 6.66. The second-order valence-electron chi connectivity index (χ2n) is 9.87. The van der Waals surface area contributed by atoms with E-state index in [-0.39, 0.29) is 15.8 Å². The summed E-state index contributed by atoms with van der Waals surface area (Å²) in [5.74, 6) is -0.520. The molecule has 4 aromatic rings. The second-order valence-corrected chi connectivity index (χ2v) is 14.3. The van der Waals surface area contributed by atoms with Crippen LogP contribution in [0.25, 0.3) is 21.1 Å². The number of sulfonamides is 1. The van der Waals surface area contributed by atoms with E-state index in [0.29, 0.717) is 43.4 Å². The highest BCUT2D eigenvalue weighted by molar-refractivity contribution is 7.91. The molecule has 1 amide bonds. The Balaban J connectivity index is 1.17. The number of aromatic nitrogens is 2. The molecule has 40 heavy (non-hydrogen) atoms. The van der Waals surface area contributed by atoms with Crippen molar-refractivity contribution in [1.29, 1.82) is 0 Å². The monoisotopic (exact) mass is 603 g/mol. The third kappa shape index (κ3) is 6.03. The molecule has 1 saturated heterocycles. The Bertz CT molecular complexity index is 1640. The van der Waals surface area contributed by atoms with Crippen LogP contribution in [-0.2, 0) is 10.0 Å². The molecule has 1 aliphatic rings. The summed E-state index contributed by atoms with van der Waals surface area (Å²) in [6.45, 7) is 9.70. The van der Waals surface area contributed by atoms with E-state index in [0.717, 1.165) is 38.2 Å². The fraction of sp³-hybridized carbons (Fsp3) is 0.370. The number of carbonyl (C=O) groups excluding carboxylic acids is 1. The summed E-state index contributed by atoms with van der Waals surface area (Å²) < 4.78 is 48.1. The maximum absolute atomic E-state index is 14.6. The van der Waals surface area contributed by atoms with Crippen LogP contribution in [0.3, 0.4) is 0 Å². The first-order chi connectivity index (χ1) is 19.0. The molecule has 0 radical (unpaired) electrons. The molecule has 0 saturated carbocycles. The van der Waals surface area contributed by atoms with E-state index in [9.17, 15) is 17.6 Å². The standard InChI is InChI=1S/C27H30FN5O4S3/c1-16-13-23(37-31-16)24-7-8-25(39-24)40(35,36)33-11-9-32(10-12-33)15-17(2)29-27(34)21-14-20(5-6-22(21)28)26-18(3)30-19(4)38-26/h5-8,13-14,17H,9-12,15H2,1-4H3,(H,29,34)/t17-/m0/s1. The molecule has 1 atom stereocenters. The van der Waals surface area contributed by atoms with Crippen molar-refractivity contribution in [3.05, 3.63) is 64.2 Å². The van der Waals surface area contributed by atoms with E-state index in [2.05, 4.69) is 20.4 Å². The number of rotatable bonds is 8. The molecule has 1 N–H and O–H groups in total. The smallest absolute Gasteiger partial charge is 0.254 e. The van der Waals surface area contributed by atoms with Crippen molar-refractivity contribution < 1.29 is 22.1 Å². The summed E-state index contributed by atoms with van der Waals surface area (Å²) in [6.07, 6.45) is 0. The van der Waals surface area contributed by atoms with Gasteiger partial charge in [-0.1, -0.05) is 11.2 Å². The summed E-state index contributed by atoms with van der Waals surface area (Å²) in [5, 5.41) is 7.67. The molecule has 5 rings (SSSR count). The Kier molecular flexibility index (Phi) is 8.20. The number of thiazole rings is 1. The van der Waals surface area contributed by atoms with Gasteiger partial charge in [0.1, 0.15) is 10.0 Å². The van der Waals surface area contributed by atoms with Crippen molar-refractivity contribution in [3.8, 4) is 21.1 Å². The fourth-order valence-corrected chi connectivity index (χ4v) is 8.47. The molecule has 3 aromatic heterocycles. The maximum atomic E-state index is 14.6. The molecule has 1 aromatic carbocycles. The number of nitrogens with one attached hydrogen (secondary N) is 1. The number of carbonyl (C=O) groups is 1. The Labute approximate surface area is 240 Å². The lowest BCUT2D eigenvalue weighted by Crippen LogP contribution is -2.52. The molecule has 4 heterocycles. The molecule has 212 valence electrons. The predicted octanol–water partition coefficient (Wildman–Crippen LogP) is 4.72. The van der Waals surface area contributed by atoms with Crippen LogP contribution in [-0.4, -0.2) is 72.4 Å². The van der Waals surface area contributed by atoms with Crippen molar-refractivity contribution in [2.75, 3.05) is 32.7 Å². The van der Waals surface area contributed by atoms with Gasteiger partial charge in [0.05, 0.1) is 31.7 Å². The van der Waals surface area contributed by atoms with Gasteiger partial charge in [-0.15, -0.1) is 22.7 Å². The first-order valence-electron chi connectivity index (χ1n) is 12.8. The van der Waals surface area contributed by atoms with Gasteiger partial charge < -0.3 is 9.84 Å². The van der Waals surface area contributed by atoms with Crippen molar-refractivity contribution in [3.63, 3.8) is 0 Å². The zero-order valence-corrected chi connectivity index (χ0v) is 25.1. The molecular weight excluding hydrogens is 574 g/mol. The van der Waals surface area contributed by atoms with Gasteiger partial charge in [0.15, 0.2) is 5.76 Å². The van der Waals surface area contributed by atoms with E-state index in [4.69, 9.17) is 4.52 Å². The lowest BCUT2D eigenvalue weighted by atomic mass is 10.1. The second kappa shape index (κ2) is 11.5. The average Bonchev–Trinajstić information content (AvgIpc) is 3.64. The van der Waals surface area contributed by atoms with Crippen LogP contribution in [0.1, 0.15) is 33.7 Å². The van der Waals surface area contributed by atoms with Crippen LogP contribution in [0.4, 0.5) is 4.39 Å². The van der Waals surface area contributed by atoms with Crippen LogP contribution in [0.2, 0.25) is 0 Å². The molecule has 0 unspecified atom stereocenters. The predicted molar refractivity (Wildman–Crippen MR) is 154 cm³/mol. The Morgan fingerprint density at radius 1 is 1.10 bits per heavy atom. The van der Waals surface area contributed by atoms with Gasteiger partial charge in [0.25, 0.3) is 15.9 Å². The van der Waals surface area contributed by atoms with Gasteiger partial charge in [-0.05, 0) is 57.5 Å². The fourth-order valence-electron chi connectivity index (χ4n) is 4.72. The zero-order valence-electron chi connectivity index (χ0n) is 22.6. The van der Waals surface area contributed by atoms with E-state index in [1.54, 1.807) is 30.3 Å². The van der Waals surface area contributed by atoms with E-state index in [1.165, 1.54) is 21.7 Å². The van der Waals surface area contributed by atoms with Gasteiger partial charge >= 0.3 is 0 Å². The molecular formula is C27H30FN5O4S3. The molecule has 0 bridgehead atoms. The summed E-state index contributed by atoms with van der Waals surface area (Å²) in [6, 6.07) is 9.38. The number of hydrogen-bond donors (Lipinski definition) is 1. The Morgan fingerprint density at radius 2 is 1.85 bits per heavy atom. The minimum Gasteiger partial charge on any atom is -0.355 e. The van der Waals surface area contributed by atoms with Gasteiger partial charge in [-0.25, -0.2) is 17.8 Å². The number of thiophene rings is 1. The normalized spacial score (nSPS) is 15.8. The Hall–Kier alpha value is -2.97. The molecule has 13 heteroatoms. The minimum absolute atomic E-state index is 0.0125. The van der Waals surface area contributed by atoms with Crippen molar-refractivity contribution >= 4 is 38.6 Å². The van der Waals surface area contributed by atoms with Crippen molar-refractivity contribution in [1.82, 2.24) is 24.7 Å². The summed E-state index contributed by atoms with van der Waals surface area (Å²) >= 11 is 2.67. The SMILES string of the molecule is Cc1cc(-c2ccc(S(=O)(=O)N3CCN(C[C@H](C)NC(=O)c4cc(-c5sc(C)nc5C)ccc4F)CC3)s2)on1. The molecule has 1 fully saturated rings. The quantitative estimate of drug-likeness (QED) is 0.311. The highest BCUT2D eigenvalue weighted by atomic mass is 32.2. The number of halogens is 1. The van der Waals surface area contributed by atoms with Crippen LogP contribution in [0.15, 0.2) is 45.1 Å². The molecule has 0 aliphatic carbocycles. The van der Waals surface area contributed by atoms with Crippen LogP contribution >= 0.6 is 22.7 Å². The van der Waals surface area contributed by atoms with E-state index < -0.39 is 21.7 Å². The zero-order chi connectivity index (χ0) is 28.6. The number of benzene rings is 1. The van der Waals surface area contributed by atoms with Crippen molar-refractivity contribution in [2.45, 2.75) is 37.9 Å². The van der Waals surface area contributed by atoms with Gasteiger partial charge in [0.2, 0.25) is 0 Å². The van der Waals surface area contributed by atoms with Crippen LogP contribution in [0, 0.1) is 26.6 Å².